The Morgan fingerprint density at radius 1 is 1.00 bits per heavy atom. The summed E-state index contributed by atoms with van der Waals surface area (Å²) >= 11 is 0. The van der Waals surface area contributed by atoms with E-state index in [2.05, 4.69) is 20.3 Å². The van der Waals surface area contributed by atoms with E-state index in [1.807, 2.05) is 36.4 Å². The predicted molar refractivity (Wildman–Crippen MR) is 83.2 cm³/mol. The van der Waals surface area contributed by atoms with Gasteiger partial charge in [0.1, 0.15) is 0 Å². The minimum Gasteiger partial charge on any atom is -0.368 e. The summed E-state index contributed by atoms with van der Waals surface area (Å²) in [7, 11) is 0. The number of aromatic nitrogens is 3. The molecule has 0 saturated carbocycles. The van der Waals surface area contributed by atoms with E-state index in [1.165, 1.54) is 5.56 Å². The van der Waals surface area contributed by atoms with Crippen LogP contribution in [0.25, 0.3) is 0 Å². The van der Waals surface area contributed by atoms with Gasteiger partial charge in [-0.1, -0.05) is 12.1 Å². The molecule has 0 aliphatic rings. The minimum atomic E-state index is -0.546. The highest BCUT2D eigenvalue weighted by Crippen LogP contribution is 2.19. The molecule has 0 fully saturated rings. The van der Waals surface area contributed by atoms with Crippen LogP contribution in [0.3, 0.4) is 0 Å². The lowest BCUT2D eigenvalue weighted by Crippen LogP contribution is -2.02. The van der Waals surface area contributed by atoms with Crippen molar-refractivity contribution in [3.05, 3.63) is 71.9 Å². The van der Waals surface area contributed by atoms with Gasteiger partial charge in [0.05, 0.1) is 6.20 Å². The molecule has 0 radical (unpaired) electrons. The first-order chi connectivity index (χ1) is 10.7. The van der Waals surface area contributed by atoms with E-state index in [1.54, 1.807) is 12.4 Å². The number of hydrogen-bond acceptors (Lipinski definition) is 5. The number of nitrogens with one attached hydrogen (secondary N) is 1. The maximum Gasteiger partial charge on any atom is 0.222 e. The normalized spacial score (nSPS) is 10.4. The summed E-state index contributed by atoms with van der Waals surface area (Å²) in [6.07, 6.45) is 5.40. The Balaban J connectivity index is 1.73. The lowest BCUT2D eigenvalue weighted by molar-refractivity contribution is 0.620. The van der Waals surface area contributed by atoms with Gasteiger partial charge in [0.25, 0.3) is 0 Å². The van der Waals surface area contributed by atoms with E-state index in [9.17, 15) is 4.39 Å². The van der Waals surface area contributed by atoms with Crippen molar-refractivity contribution in [1.82, 2.24) is 15.0 Å². The van der Waals surface area contributed by atoms with Gasteiger partial charge in [-0.2, -0.15) is 4.98 Å². The summed E-state index contributed by atoms with van der Waals surface area (Å²) in [5, 5.41) is 2.89. The van der Waals surface area contributed by atoms with Crippen LogP contribution in [-0.2, 0) is 6.42 Å². The van der Waals surface area contributed by atoms with Gasteiger partial charge in [0.15, 0.2) is 11.6 Å². The third kappa shape index (κ3) is 3.35. The van der Waals surface area contributed by atoms with Gasteiger partial charge in [-0.3, -0.25) is 4.98 Å². The molecule has 3 rings (SSSR count). The molecule has 1 aromatic carbocycles. The van der Waals surface area contributed by atoms with E-state index >= 15 is 0 Å². The Morgan fingerprint density at radius 2 is 1.68 bits per heavy atom. The molecule has 0 atom stereocenters. The largest absolute Gasteiger partial charge is 0.368 e. The van der Waals surface area contributed by atoms with Crippen LogP contribution in [0.4, 0.5) is 21.8 Å². The van der Waals surface area contributed by atoms with Gasteiger partial charge >= 0.3 is 0 Å². The molecule has 110 valence electrons. The quantitative estimate of drug-likeness (QED) is 0.774. The molecule has 0 unspecified atom stereocenters. The van der Waals surface area contributed by atoms with E-state index in [-0.39, 0.29) is 11.8 Å². The van der Waals surface area contributed by atoms with Gasteiger partial charge in [0.2, 0.25) is 5.95 Å². The van der Waals surface area contributed by atoms with Crippen molar-refractivity contribution in [2.45, 2.75) is 6.42 Å². The smallest absolute Gasteiger partial charge is 0.222 e. The molecular weight excluding hydrogens is 281 g/mol. The molecule has 22 heavy (non-hydrogen) atoms. The zero-order valence-corrected chi connectivity index (χ0v) is 11.7. The number of hydrogen-bond donors (Lipinski definition) is 2. The maximum atomic E-state index is 13.6. The Morgan fingerprint density at radius 3 is 2.41 bits per heavy atom. The fraction of sp³-hybridized carbons (Fsp3) is 0.0625. The number of nitrogen functional groups attached to an aromatic ring is 1. The highest BCUT2D eigenvalue weighted by atomic mass is 19.1. The van der Waals surface area contributed by atoms with Crippen molar-refractivity contribution in [3.63, 3.8) is 0 Å². The number of halogens is 1. The first kappa shape index (κ1) is 13.9. The Labute approximate surface area is 127 Å². The second-order valence-electron chi connectivity index (χ2n) is 4.78. The number of anilines is 3. The van der Waals surface area contributed by atoms with Crippen molar-refractivity contribution in [3.8, 4) is 0 Å². The van der Waals surface area contributed by atoms with E-state index < -0.39 is 5.82 Å². The molecule has 0 amide bonds. The zero-order valence-electron chi connectivity index (χ0n) is 11.7. The van der Waals surface area contributed by atoms with Crippen LogP contribution in [0, 0.1) is 5.82 Å². The number of pyridine rings is 1. The molecule has 0 bridgehead atoms. The lowest BCUT2D eigenvalue weighted by atomic mass is 10.1. The lowest BCUT2D eigenvalue weighted by Gasteiger charge is -2.08. The highest BCUT2D eigenvalue weighted by molar-refractivity contribution is 5.57. The van der Waals surface area contributed by atoms with Crippen molar-refractivity contribution in [2.24, 2.45) is 0 Å². The summed E-state index contributed by atoms with van der Waals surface area (Å²) < 4.78 is 13.6. The summed E-state index contributed by atoms with van der Waals surface area (Å²) in [6, 6.07) is 11.6. The van der Waals surface area contributed by atoms with Gasteiger partial charge in [-0.25, -0.2) is 9.37 Å². The molecule has 0 aliphatic carbocycles. The summed E-state index contributed by atoms with van der Waals surface area (Å²) in [4.78, 5) is 11.4. The summed E-state index contributed by atoms with van der Waals surface area (Å²) in [5.74, 6) is -0.456. The molecule has 3 N–H and O–H groups in total. The van der Waals surface area contributed by atoms with Crippen molar-refractivity contribution in [2.75, 3.05) is 11.1 Å². The molecule has 0 aliphatic heterocycles. The number of nitrogens with zero attached hydrogens (tertiary/aromatic N) is 3. The molecule has 3 aromatic rings. The van der Waals surface area contributed by atoms with Gasteiger partial charge in [-0.05, 0) is 41.8 Å². The van der Waals surface area contributed by atoms with E-state index in [0.717, 1.165) is 23.9 Å². The molecule has 5 nitrogen and oxygen atoms in total. The third-order valence-corrected chi connectivity index (χ3v) is 3.14. The fourth-order valence-electron chi connectivity index (χ4n) is 2.05. The molecule has 2 heterocycles. The van der Waals surface area contributed by atoms with Gasteiger partial charge in [0, 0.05) is 18.1 Å². The maximum absolute atomic E-state index is 13.6. The molecular formula is C16H14FN5. The minimum absolute atomic E-state index is 0.0261. The van der Waals surface area contributed by atoms with Crippen molar-refractivity contribution < 1.29 is 4.39 Å². The average molecular weight is 295 g/mol. The zero-order chi connectivity index (χ0) is 15.4. The van der Waals surface area contributed by atoms with E-state index in [0.29, 0.717) is 0 Å². The molecule has 2 aromatic heterocycles. The number of benzene rings is 1. The van der Waals surface area contributed by atoms with Crippen LogP contribution in [0.2, 0.25) is 0 Å². The Hall–Kier alpha value is -3.02. The van der Waals surface area contributed by atoms with Crippen LogP contribution in [-0.4, -0.2) is 15.0 Å². The predicted octanol–water partition coefficient (Wildman–Crippen LogP) is 2.93. The molecule has 0 saturated heterocycles. The first-order valence-corrected chi connectivity index (χ1v) is 6.73. The van der Waals surface area contributed by atoms with Crippen LogP contribution in [0.15, 0.2) is 55.0 Å². The number of nitrogens with two attached hydrogens (primary N) is 1. The summed E-state index contributed by atoms with van der Waals surface area (Å²) in [6.45, 7) is 0. The highest BCUT2D eigenvalue weighted by Gasteiger charge is 2.05. The van der Waals surface area contributed by atoms with E-state index in [4.69, 9.17) is 5.73 Å². The van der Waals surface area contributed by atoms with Crippen molar-refractivity contribution in [1.29, 1.82) is 0 Å². The van der Waals surface area contributed by atoms with Crippen molar-refractivity contribution >= 4 is 17.5 Å². The fourth-order valence-corrected chi connectivity index (χ4v) is 2.05. The SMILES string of the molecule is Nc1ncc(F)c(Nc2ccc(Cc3ccncc3)cc2)n1. The van der Waals surface area contributed by atoms with Crippen LogP contribution < -0.4 is 11.1 Å². The molecule has 6 heteroatoms. The van der Waals surface area contributed by atoms with Crippen LogP contribution >= 0.6 is 0 Å². The van der Waals surface area contributed by atoms with Crippen LogP contribution in [0.5, 0.6) is 0 Å². The standard InChI is InChI=1S/C16H14FN5/c17-14-10-20-16(18)22-15(14)21-13-3-1-11(2-4-13)9-12-5-7-19-8-6-12/h1-8,10H,9H2,(H3,18,20,21,22). The molecule has 0 spiro atoms. The third-order valence-electron chi connectivity index (χ3n) is 3.14. The van der Waals surface area contributed by atoms with Gasteiger partial charge in [-0.15, -0.1) is 0 Å². The first-order valence-electron chi connectivity index (χ1n) is 6.73. The Bertz CT molecular complexity index is 759. The average Bonchev–Trinajstić information content (AvgIpc) is 2.54. The monoisotopic (exact) mass is 295 g/mol. The number of rotatable bonds is 4. The van der Waals surface area contributed by atoms with Crippen LogP contribution in [0.1, 0.15) is 11.1 Å². The van der Waals surface area contributed by atoms with Gasteiger partial charge < -0.3 is 11.1 Å². The second-order valence-corrected chi connectivity index (χ2v) is 4.78. The Kier molecular flexibility index (Phi) is 3.91. The second kappa shape index (κ2) is 6.17. The summed E-state index contributed by atoms with van der Waals surface area (Å²) in [5.41, 5.74) is 8.53. The topological polar surface area (TPSA) is 76.7 Å².